The maximum Gasteiger partial charge on any atom is 0.243 e. The molecule has 0 aliphatic carbocycles. The molecule has 162 valence electrons. The number of carbonyl (C=O) groups is 2. The summed E-state index contributed by atoms with van der Waals surface area (Å²) in [5.74, 6) is 0.412. The van der Waals surface area contributed by atoms with Gasteiger partial charge in [-0.3, -0.25) is 9.59 Å². The van der Waals surface area contributed by atoms with E-state index in [1.165, 1.54) is 0 Å². The van der Waals surface area contributed by atoms with Crippen LogP contribution >= 0.6 is 23.2 Å². The van der Waals surface area contributed by atoms with Crippen LogP contribution in [-0.2, 0) is 22.6 Å². The predicted molar refractivity (Wildman–Crippen MR) is 121 cm³/mol. The summed E-state index contributed by atoms with van der Waals surface area (Å²) in [6.45, 7) is 6.01. The van der Waals surface area contributed by atoms with E-state index in [2.05, 4.69) is 5.32 Å². The van der Waals surface area contributed by atoms with Crippen LogP contribution in [-0.4, -0.2) is 35.9 Å². The number of hydrogen-bond acceptors (Lipinski definition) is 3. The van der Waals surface area contributed by atoms with E-state index in [9.17, 15) is 9.59 Å². The highest BCUT2D eigenvalue weighted by atomic mass is 35.5. The van der Waals surface area contributed by atoms with Gasteiger partial charge in [0.2, 0.25) is 11.8 Å². The second kappa shape index (κ2) is 11.2. The topological polar surface area (TPSA) is 58.6 Å². The third kappa shape index (κ3) is 6.64. The highest BCUT2D eigenvalue weighted by Crippen LogP contribution is 2.24. The van der Waals surface area contributed by atoms with Crippen molar-refractivity contribution in [3.63, 3.8) is 0 Å². The number of hydrogen-bond donors (Lipinski definition) is 1. The number of amides is 2. The highest BCUT2D eigenvalue weighted by Gasteiger charge is 2.29. The van der Waals surface area contributed by atoms with Gasteiger partial charge in [0, 0.05) is 12.6 Å². The first kappa shape index (κ1) is 24.0. The van der Waals surface area contributed by atoms with Gasteiger partial charge in [-0.15, -0.1) is 0 Å². The highest BCUT2D eigenvalue weighted by molar-refractivity contribution is 6.42. The summed E-state index contributed by atoms with van der Waals surface area (Å²) in [6.07, 6.45) is 0.625. The largest absolute Gasteiger partial charge is 0.497 e. The first-order chi connectivity index (χ1) is 14.2. The smallest absolute Gasteiger partial charge is 0.243 e. The summed E-state index contributed by atoms with van der Waals surface area (Å²) in [4.78, 5) is 27.7. The molecule has 0 fully saturated rings. The van der Waals surface area contributed by atoms with E-state index >= 15 is 0 Å². The molecule has 1 atom stereocenters. The molecule has 0 radical (unpaired) electrons. The number of nitrogens with one attached hydrogen (secondary N) is 1. The molecule has 2 amide bonds. The van der Waals surface area contributed by atoms with E-state index in [0.29, 0.717) is 23.0 Å². The molecule has 0 bridgehead atoms. The summed E-state index contributed by atoms with van der Waals surface area (Å²) in [5, 5.41) is 3.75. The van der Waals surface area contributed by atoms with Crippen LogP contribution in [0.25, 0.3) is 0 Å². The van der Waals surface area contributed by atoms with Crippen LogP contribution in [0.15, 0.2) is 42.5 Å². The zero-order valence-electron chi connectivity index (χ0n) is 17.7. The SMILES string of the molecule is CC[C@H](C(=O)NC(C)C)N(Cc1ccc(OC)cc1)C(=O)Cc1ccc(Cl)c(Cl)c1. The molecule has 2 rings (SSSR count). The number of benzene rings is 2. The average molecular weight is 451 g/mol. The Morgan fingerprint density at radius 3 is 2.20 bits per heavy atom. The van der Waals surface area contributed by atoms with Crippen molar-refractivity contribution in [3.8, 4) is 5.75 Å². The number of methoxy groups -OCH3 is 1. The maximum atomic E-state index is 13.3. The Morgan fingerprint density at radius 1 is 1.03 bits per heavy atom. The van der Waals surface area contributed by atoms with Gasteiger partial charge in [0.1, 0.15) is 11.8 Å². The summed E-state index contributed by atoms with van der Waals surface area (Å²) in [7, 11) is 1.60. The molecule has 1 N–H and O–H groups in total. The quantitative estimate of drug-likeness (QED) is 0.592. The summed E-state index contributed by atoms with van der Waals surface area (Å²) in [6, 6.07) is 12.0. The van der Waals surface area contributed by atoms with Crippen LogP contribution < -0.4 is 10.1 Å². The molecule has 7 heteroatoms. The average Bonchev–Trinajstić information content (AvgIpc) is 2.70. The van der Waals surface area contributed by atoms with E-state index in [0.717, 1.165) is 16.9 Å². The summed E-state index contributed by atoms with van der Waals surface area (Å²) >= 11 is 12.1. The number of ether oxygens (including phenoxy) is 1. The van der Waals surface area contributed by atoms with Gasteiger partial charge in [-0.25, -0.2) is 0 Å². The zero-order chi connectivity index (χ0) is 22.3. The Labute approximate surface area is 188 Å². The molecule has 0 aromatic heterocycles. The van der Waals surface area contributed by atoms with Gasteiger partial charge in [-0.05, 0) is 55.7 Å². The lowest BCUT2D eigenvalue weighted by molar-refractivity contribution is -0.141. The second-order valence-electron chi connectivity index (χ2n) is 7.38. The van der Waals surface area contributed by atoms with Crippen molar-refractivity contribution in [1.82, 2.24) is 10.2 Å². The minimum atomic E-state index is -0.579. The monoisotopic (exact) mass is 450 g/mol. The Bertz CT molecular complexity index is 869. The molecule has 0 saturated heterocycles. The van der Waals surface area contributed by atoms with E-state index in [4.69, 9.17) is 27.9 Å². The van der Waals surface area contributed by atoms with Gasteiger partial charge in [0.15, 0.2) is 0 Å². The van der Waals surface area contributed by atoms with Crippen molar-refractivity contribution in [2.45, 2.75) is 52.2 Å². The second-order valence-corrected chi connectivity index (χ2v) is 8.20. The van der Waals surface area contributed by atoms with Gasteiger partial charge in [-0.1, -0.05) is 48.3 Å². The van der Waals surface area contributed by atoms with Gasteiger partial charge >= 0.3 is 0 Å². The molecule has 0 unspecified atom stereocenters. The van der Waals surface area contributed by atoms with Crippen LogP contribution in [0, 0.1) is 0 Å². The third-order valence-electron chi connectivity index (χ3n) is 4.67. The fourth-order valence-electron chi connectivity index (χ4n) is 3.15. The van der Waals surface area contributed by atoms with Crippen molar-refractivity contribution >= 4 is 35.0 Å². The predicted octanol–water partition coefficient (Wildman–Crippen LogP) is 4.88. The molecule has 0 saturated carbocycles. The van der Waals surface area contributed by atoms with Gasteiger partial charge in [0.25, 0.3) is 0 Å². The number of rotatable bonds is 9. The lowest BCUT2D eigenvalue weighted by atomic mass is 10.1. The number of halogens is 2. The fraction of sp³-hybridized carbons (Fsp3) is 0.391. The van der Waals surface area contributed by atoms with Crippen molar-refractivity contribution in [2.75, 3.05) is 7.11 Å². The van der Waals surface area contributed by atoms with Gasteiger partial charge < -0.3 is 15.0 Å². The summed E-state index contributed by atoms with van der Waals surface area (Å²) in [5.41, 5.74) is 1.65. The Kier molecular flexibility index (Phi) is 9.00. The minimum Gasteiger partial charge on any atom is -0.497 e. The van der Waals surface area contributed by atoms with Gasteiger partial charge in [0.05, 0.1) is 23.6 Å². The molecule has 0 aliphatic heterocycles. The van der Waals surface area contributed by atoms with E-state index < -0.39 is 6.04 Å². The molecule has 0 aliphatic rings. The first-order valence-electron chi connectivity index (χ1n) is 9.91. The van der Waals surface area contributed by atoms with E-state index in [-0.39, 0.29) is 24.3 Å². The van der Waals surface area contributed by atoms with Crippen molar-refractivity contribution < 1.29 is 14.3 Å². The Hall–Kier alpha value is -2.24. The van der Waals surface area contributed by atoms with Gasteiger partial charge in [-0.2, -0.15) is 0 Å². The molecule has 5 nitrogen and oxygen atoms in total. The lowest BCUT2D eigenvalue weighted by Gasteiger charge is -2.31. The third-order valence-corrected chi connectivity index (χ3v) is 5.41. The van der Waals surface area contributed by atoms with Crippen LogP contribution in [0.3, 0.4) is 0 Å². The zero-order valence-corrected chi connectivity index (χ0v) is 19.3. The molecule has 2 aromatic carbocycles. The molecular formula is C23H28Cl2N2O3. The minimum absolute atomic E-state index is 0.0143. The lowest BCUT2D eigenvalue weighted by Crippen LogP contribution is -2.50. The molecule has 0 spiro atoms. The normalized spacial score (nSPS) is 11.8. The number of nitrogens with zero attached hydrogens (tertiary/aromatic N) is 1. The standard InChI is InChI=1S/C23H28Cl2N2O3/c1-5-21(23(29)26-15(2)3)27(14-16-6-9-18(30-4)10-7-16)22(28)13-17-8-11-19(24)20(25)12-17/h6-12,15,21H,5,13-14H2,1-4H3,(H,26,29)/t21-/m1/s1. The van der Waals surface area contributed by atoms with Crippen LogP contribution in [0.4, 0.5) is 0 Å². The molecule has 2 aromatic rings. The molecule has 30 heavy (non-hydrogen) atoms. The van der Waals surface area contributed by atoms with Crippen LogP contribution in [0.5, 0.6) is 5.75 Å². The molecular weight excluding hydrogens is 423 g/mol. The number of carbonyl (C=O) groups excluding carboxylic acids is 2. The van der Waals surface area contributed by atoms with Crippen LogP contribution in [0.1, 0.15) is 38.3 Å². The van der Waals surface area contributed by atoms with E-state index in [1.807, 2.05) is 45.0 Å². The van der Waals surface area contributed by atoms with Crippen LogP contribution in [0.2, 0.25) is 10.0 Å². The molecule has 0 heterocycles. The van der Waals surface area contributed by atoms with Crippen molar-refractivity contribution in [2.24, 2.45) is 0 Å². The van der Waals surface area contributed by atoms with Crippen molar-refractivity contribution in [1.29, 1.82) is 0 Å². The summed E-state index contributed by atoms with van der Waals surface area (Å²) < 4.78 is 5.20. The fourth-order valence-corrected chi connectivity index (χ4v) is 3.47. The van der Waals surface area contributed by atoms with E-state index in [1.54, 1.807) is 30.2 Å². The first-order valence-corrected chi connectivity index (χ1v) is 10.7. The Balaban J connectivity index is 2.30. The van der Waals surface area contributed by atoms with Crippen molar-refractivity contribution in [3.05, 3.63) is 63.6 Å². The maximum absolute atomic E-state index is 13.3. The Morgan fingerprint density at radius 2 is 1.67 bits per heavy atom.